The molecule has 0 unspecified atom stereocenters. The summed E-state index contributed by atoms with van der Waals surface area (Å²) >= 11 is 0. The predicted octanol–water partition coefficient (Wildman–Crippen LogP) is 4.43. The van der Waals surface area contributed by atoms with Crippen molar-refractivity contribution in [2.75, 3.05) is 0 Å². The zero-order chi connectivity index (χ0) is 16.9. The van der Waals surface area contributed by atoms with Gasteiger partial charge in [0.15, 0.2) is 0 Å². The third kappa shape index (κ3) is 3.92. The average molecular weight is 329 g/mol. The van der Waals surface area contributed by atoms with Crippen LogP contribution in [-0.2, 0) is 19.6 Å². The van der Waals surface area contributed by atoms with E-state index in [0.29, 0.717) is 0 Å². The maximum Gasteiger partial charge on any atom is 0.117 e. The summed E-state index contributed by atoms with van der Waals surface area (Å²) in [4.78, 5) is 11.3. The molecule has 0 spiro atoms. The molecule has 0 aliphatic rings. The Morgan fingerprint density at radius 3 is 2.64 bits per heavy atom. The number of aromatic nitrogens is 2. The molecule has 0 atom stereocenters. The Morgan fingerprint density at radius 1 is 0.840 bits per heavy atom. The first-order valence-electron chi connectivity index (χ1n) is 8.35. The molecule has 0 aliphatic heterocycles. The lowest BCUT2D eigenvalue weighted by molar-refractivity contribution is 0.224. The van der Waals surface area contributed by atoms with Crippen LogP contribution in [0.5, 0.6) is 0 Å². The molecule has 124 valence electrons. The number of hydrogen-bond acceptors (Lipinski definition) is 4. The van der Waals surface area contributed by atoms with Gasteiger partial charge in [0.2, 0.25) is 0 Å². The standard InChI is InChI=1S/C21H19N3O/c1-2-8-21-18(6-1)9-10-19(23-21)15-24(16-20-7-4-12-25-20)14-17-5-3-11-22-13-17/h1-13H,14-16H2. The van der Waals surface area contributed by atoms with Crippen LogP contribution in [0.15, 0.2) is 83.7 Å². The summed E-state index contributed by atoms with van der Waals surface area (Å²) in [5.74, 6) is 0.949. The second kappa shape index (κ2) is 7.28. The van der Waals surface area contributed by atoms with Gasteiger partial charge in [-0.2, -0.15) is 0 Å². The van der Waals surface area contributed by atoms with Crippen LogP contribution in [0.3, 0.4) is 0 Å². The number of pyridine rings is 2. The summed E-state index contributed by atoms with van der Waals surface area (Å²) in [6.07, 6.45) is 5.42. The van der Waals surface area contributed by atoms with E-state index >= 15 is 0 Å². The van der Waals surface area contributed by atoms with E-state index in [-0.39, 0.29) is 0 Å². The van der Waals surface area contributed by atoms with E-state index in [9.17, 15) is 0 Å². The van der Waals surface area contributed by atoms with Gasteiger partial charge in [-0.15, -0.1) is 0 Å². The van der Waals surface area contributed by atoms with Crippen molar-refractivity contribution >= 4 is 10.9 Å². The molecule has 0 N–H and O–H groups in total. The molecule has 4 heteroatoms. The van der Waals surface area contributed by atoms with Gasteiger partial charge in [0, 0.05) is 30.9 Å². The van der Waals surface area contributed by atoms with E-state index in [1.54, 1.807) is 12.5 Å². The Balaban J connectivity index is 1.57. The third-order valence-electron chi connectivity index (χ3n) is 4.13. The maximum atomic E-state index is 5.53. The first-order valence-corrected chi connectivity index (χ1v) is 8.35. The van der Waals surface area contributed by atoms with Gasteiger partial charge in [-0.3, -0.25) is 14.9 Å². The number of fused-ring (bicyclic) bond motifs is 1. The van der Waals surface area contributed by atoms with Crippen molar-refractivity contribution in [3.05, 3.63) is 96.3 Å². The number of furan rings is 1. The highest BCUT2D eigenvalue weighted by Gasteiger charge is 2.11. The topological polar surface area (TPSA) is 42.2 Å². The molecule has 0 saturated heterocycles. The van der Waals surface area contributed by atoms with E-state index in [2.05, 4.69) is 40.2 Å². The Morgan fingerprint density at radius 2 is 1.80 bits per heavy atom. The Bertz CT molecular complexity index is 936. The number of nitrogens with zero attached hydrogens (tertiary/aromatic N) is 3. The van der Waals surface area contributed by atoms with Crippen LogP contribution in [0.4, 0.5) is 0 Å². The van der Waals surface area contributed by atoms with Crippen molar-refractivity contribution in [1.29, 1.82) is 0 Å². The van der Waals surface area contributed by atoms with Crippen LogP contribution in [0, 0.1) is 0 Å². The van der Waals surface area contributed by atoms with Gasteiger partial charge >= 0.3 is 0 Å². The van der Waals surface area contributed by atoms with Crippen molar-refractivity contribution in [3.63, 3.8) is 0 Å². The summed E-state index contributed by atoms with van der Waals surface area (Å²) < 4.78 is 5.53. The van der Waals surface area contributed by atoms with Crippen LogP contribution < -0.4 is 0 Å². The minimum absolute atomic E-state index is 0.733. The van der Waals surface area contributed by atoms with E-state index < -0.39 is 0 Å². The Labute approximate surface area is 146 Å². The normalized spacial score (nSPS) is 11.2. The van der Waals surface area contributed by atoms with Crippen LogP contribution in [-0.4, -0.2) is 14.9 Å². The van der Waals surface area contributed by atoms with Gasteiger partial charge in [0.1, 0.15) is 5.76 Å². The molecule has 0 radical (unpaired) electrons. The molecule has 4 rings (SSSR count). The molecular weight excluding hydrogens is 310 g/mol. The van der Waals surface area contributed by atoms with Crippen LogP contribution in [0.25, 0.3) is 10.9 Å². The van der Waals surface area contributed by atoms with Crippen molar-refractivity contribution < 1.29 is 4.42 Å². The fourth-order valence-electron chi connectivity index (χ4n) is 2.97. The fourth-order valence-corrected chi connectivity index (χ4v) is 2.97. The highest BCUT2D eigenvalue weighted by Crippen LogP contribution is 2.16. The summed E-state index contributed by atoms with van der Waals surface area (Å²) in [6.45, 7) is 2.28. The molecule has 0 fully saturated rings. The van der Waals surface area contributed by atoms with Gasteiger partial charge < -0.3 is 4.42 Å². The highest BCUT2D eigenvalue weighted by atomic mass is 16.3. The minimum Gasteiger partial charge on any atom is -0.468 e. The molecule has 3 heterocycles. The monoisotopic (exact) mass is 329 g/mol. The first kappa shape index (κ1) is 15.5. The van der Waals surface area contributed by atoms with E-state index in [1.807, 2.05) is 36.5 Å². The molecule has 4 nitrogen and oxygen atoms in total. The van der Waals surface area contributed by atoms with E-state index in [0.717, 1.165) is 42.0 Å². The van der Waals surface area contributed by atoms with Gasteiger partial charge in [0.05, 0.1) is 24.0 Å². The third-order valence-corrected chi connectivity index (χ3v) is 4.13. The van der Waals surface area contributed by atoms with Crippen LogP contribution >= 0.6 is 0 Å². The molecule has 0 bridgehead atoms. The molecule has 0 saturated carbocycles. The first-order chi connectivity index (χ1) is 12.4. The second-order valence-corrected chi connectivity index (χ2v) is 6.08. The quantitative estimate of drug-likeness (QED) is 0.525. The van der Waals surface area contributed by atoms with Crippen LogP contribution in [0.1, 0.15) is 17.0 Å². The number of para-hydroxylation sites is 1. The SMILES string of the molecule is c1cncc(CN(Cc2ccc3ccccc3n2)Cc2ccco2)c1. The maximum absolute atomic E-state index is 5.53. The molecule has 4 aromatic rings. The minimum atomic E-state index is 0.733. The molecule has 1 aromatic carbocycles. The van der Waals surface area contributed by atoms with Gasteiger partial charge in [-0.25, -0.2) is 0 Å². The Kier molecular flexibility index (Phi) is 4.53. The van der Waals surface area contributed by atoms with E-state index in [4.69, 9.17) is 9.40 Å². The number of hydrogen-bond donors (Lipinski definition) is 0. The predicted molar refractivity (Wildman–Crippen MR) is 97.6 cm³/mol. The summed E-state index contributed by atoms with van der Waals surface area (Å²) in [5, 5.41) is 1.16. The van der Waals surface area contributed by atoms with Gasteiger partial charge in [0.25, 0.3) is 0 Å². The molecule has 0 amide bonds. The van der Waals surface area contributed by atoms with Crippen molar-refractivity contribution in [1.82, 2.24) is 14.9 Å². The van der Waals surface area contributed by atoms with E-state index in [1.165, 1.54) is 5.56 Å². The lowest BCUT2D eigenvalue weighted by atomic mass is 10.2. The summed E-state index contributed by atoms with van der Waals surface area (Å²) in [6, 6.07) is 20.4. The van der Waals surface area contributed by atoms with Gasteiger partial charge in [-0.05, 0) is 35.9 Å². The van der Waals surface area contributed by atoms with Gasteiger partial charge in [-0.1, -0.05) is 30.3 Å². The largest absolute Gasteiger partial charge is 0.468 e. The average Bonchev–Trinajstić information content (AvgIpc) is 3.15. The second-order valence-electron chi connectivity index (χ2n) is 6.08. The van der Waals surface area contributed by atoms with Crippen molar-refractivity contribution in [3.8, 4) is 0 Å². The lowest BCUT2D eigenvalue weighted by Crippen LogP contribution is -2.22. The molecule has 3 aromatic heterocycles. The zero-order valence-electron chi connectivity index (χ0n) is 13.9. The molecular formula is C21H19N3O. The van der Waals surface area contributed by atoms with Crippen LogP contribution in [0.2, 0.25) is 0 Å². The lowest BCUT2D eigenvalue weighted by Gasteiger charge is -2.21. The molecule has 0 aliphatic carbocycles. The summed E-state index contributed by atoms with van der Waals surface area (Å²) in [7, 11) is 0. The zero-order valence-corrected chi connectivity index (χ0v) is 13.9. The number of rotatable bonds is 6. The summed E-state index contributed by atoms with van der Waals surface area (Å²) in [5.41, 5.74) is 3.25. The van der Waals surface area contributed by atoms with Crippen molar-refractivity contribution in [2.45, 2.75) is 19.6 Å². The molecule has 25 heavy (non-hydrogen) atoms. The fraction of sp³-hybridized carbons (Fsp3) is 0.143. The number of benzene rings is 1. The Hall–Kier alpha value is -2.98. The highest BCUT2D eigenvalue weighted by molar-refractivity contribution is 5.78. The smallest absolute Gasteiger partial charge is 0.117 e. The van der Waals surface area contributed by atoms with Crippen molar-refractivity contribution in [2.24, 2.45) is 0 Å².